The zero-order valence-corrected chi connectivity index (χ0v) is 11.9. The molecule has 1 aromatic carbocycles. The van der Waals surface area contributed by atoms with E-state index in [1.165, 1.54) is 5.56 Å². The number of benzene rings is 1. The number of imidazole rings is 1. The topological polar surface area (TPSA) is 41.9 Å². The van der Waals surface area contributed by atoms with Gasteiger partial charge in [0, 0.05) is 12.0 Å². The Morgan fingerprint density at radius 1 is 1.32 bits per heavy atom. The number of aromatic amines is 1. The van der Waals surface area contributed by atoms with Gasteiger partial charge in [-0.1, -0.05) is 24.3 Å². The molecule has 0 fully saturated rings. The van der Waals surface area contributed by atoms with Crippen LogP contribution in [0.25, 0.3) is 16.9 Å². The van der Waals surface area contributed by atoms with Crippen LogP contribution in [0.2, 0.25) is 0 Å². The summed E-state index contributed by atoms with van der Waals surface area (Å²) in [6.07, 6.45) is 4.73. The van der Waals surface area contributed by atoms with E-state index >= 15 is 0 Å². The van der Waals surface area contributed by atoms with E-state index in [4.69, 9.17) is 0 Å². The SMILES string of the molecule is Cn1cc[n+]2c3c([nH]c(=O)c12)-c1ccccc1C3.[Br-]. The highest BCUT2D eigenvalue weighted by Crippen LogP contribution is 2.31. The highest BCUT2D eigenvalue weighted by Gasteiger charge is 2.27. The minimum absolute atomic E-state index is 0. The van der Waals surface area contributed by atoms with E-state index in [0.717, 1.165) is 23.4 Å². The molecular weight excluding hydrogens is 306 g/mol. The number of aryl methyl sites for hydroxylation is 1. The summed E-state index contributed by atoms with van der Waals surface area (Å²) in [6.45, 7) is 0. The number of aromatic nitrogens is 3. The molecule has 2 aromatic heterocycles. The van der Waals surface area contributed by atoms with Gasteiger partial charge in [0.05, 0.1) is 12.7 Å². The van der Waals surface area contributed by atoms with Crippen LogP contribution in [0.1, 0.15) is 11.3 Å². The summed E-state index contributed by atoms with van der Waals surface area (Å²) in [4.78, 5) is 15.1. The Bertz CT molecular complexity index is 848. The van der Waals surface area contributed by atoms with E-state index in [2.05, 4.69) is 17.1 Å². The molecule has 0 unspecified atom stereocenters. The summed E-state index contributed by atoms with van der Waals surface area (Å²) >= 11 is 0. The normalized spacial score (nSPS) is 12.1. The zero-order chi connectivity index (χ0) is 12.3. The predicted molar refractivity (Wildman–Crippen MR) is 67.4 cm³/mol. The molecule has 0 atom stereocenters. The number of hydrogen-bond donors (Lipinski definition) is 1. The van der Waals surface area contributed by atoms with Crippen LogP contribution in [0.5, 0.6) is 0 Å². The predicted octanol–water partition coefficient (Wildman–Crippen LogP) is -1.97. The molecule has 0 aliphatic heterocycles. The van der Waals surface area contributed by atoms with Crippen molar-refractivity contribution in [1.82, 2.24) is 9.55 Å². The highest BCUT2D eigenvalue weighted by atomic mass is 79.9. The van der Waals surface area contributed by atoms with Gasteiger partial charge < -0.3 is 22.0 Å². The van der Waals surface area contributed by atoms with Gasteiger partial charge in [-0.15, -0.1) is 0 Å². The van der Waals surface area contributed by atoms with Gasteiger partial charge in [0.15, 0.2) is 0 Å². The van der Waals surface area contributed by atoms with Gasteiger partial charge in [0.25, 0.3) is 0 Å². The van der Waals surface area contributed by atoms with Gasteiger partial charge in [-0.05, 0) is 5.56 Å². The largest absolute Gasteiger partial charge is 1.00 e. The first-order chi connectivity index (χ1) is 8.75. The van der Waals surface area contributed by atoms with Crippen LogP contribution in [0.4, 0.5) is 0 Å². The van der Waals surface area contributed by atoms with Crippen LogP contribution in [0.15, 0.2) is 41.5 Å². The summed E-state index contributed by atoms with van der Waals surface area (Å²) < 4.78 is 3.84. The Hall–Kier alpha value is -1.88. The van der Waals surface area contributed by atoms with Gasteiger partial charge >= 0.3 is 11.2 Å². The number of fused-ring (bicyclic) bond motifs is 5. The second kappa shape index (κ2) is 4.06. The van der Waals surface area contributed by atoms with Crippen LogP contribution < -0.4 is 26.9 Å². The molecule has 2 heterocycles. The maximum absolute atomic E-state index is 12.1. The molecule has 1 aliphatic carbocycles. The number of H-pyrrole nitrogens is 1. The lowest BCUT2D eigenvalue weighted by Gasteiger charge is -1.98. The Labute approximate surface area is 120 Å². The molecule has 0 spiro atoms. The minimum atomic E-state index is -0.0436. The Kier molecular flexibility index (Phi) is 2.60. The first-order valence-corrected chi connectivity index (χ1v) is 5.96. The molecule has 19 heavy (non-hydrogen) atoms. The van der Waals surface area contributed by atoms with Crippen molar-refractivity contribution in [3.8, 4) is 11.3 Å². The van der Waals surface area contributed by atoms with Gasteiger partial charge in [0.1, 0.15) is 18.1 Å². The van der Waals surface area contributed by atoms with E-state index in [-0.39, 0.29) is 22.5 Å². The third-order valence-electron chi connectivity index (χ3n) is 3.67. The fourth-order valence-corrected chi connectivity index (χ4v) is 2.82. The van der Waals surface area contributed by atoms with Gasteiger partial charge in [0.2, 0.25) is 0 Å². The number of hydrogen-bond acceptors (Lipinski definition) is 1. The molecule has 0 saturated carbocycles. The third-order valence-corrected chi connectivity index (χ3v) is 3.67. The lowest BCUT2D eigenvalue weighted by atomic mass is 10.1. The molecule has 4 rings (SSSR count). The first kappa shape index (κ1) is 12.2. The van der Waals surface area contributed by atoms with E-state index in [1.807, 2.05) is 40.5 Å². The quantitative estimate of drug-likeness (QED) is 0.376. The van der Waals surface area contributed by atoms with Crippen molar-refractivity contribution in [2.24, 2.45) is 7.05 Å². The van der Waals surface area contributed by atoms with Crippen molar-refractivity contribution < 1.29 is 21.4 Å². The molecule has 3 aromatic rings. The molecule has 0 saturated heterocycles. The molecule has 5 heteroatoms. The Balaban J connectivity index is 0.00000110. The Morgan fingerprint density at radius 2 is 2.11 bits per heavy atom. The fourth-order valence-electron chi connectivity index (χ4n) is 2.82. The van der Waals surface area contributed by atoms with Gasteiger partial charge in [-0.2, -0.15) is 4.40 Å². The van der Waals surface area contributed by atoms with Crippen LogP contribution in [-0.4, -0.2) is 9.55 Å². The minimum Gasteiger partial charge on any atom is -1.00 e. The summed E-state index contributed by atoms with van der Waals surface area (Å²) in [5, 5.41) is 0. The smallest absolute Gasteiger partial charge is 0.353 e. The summed E-state index contributed by atoms with van der Waals surface area (Å²) in [6, 6.07) is 8.22. The molecule has 0 amide bonds. The van der Waals surface area contributed by atoms with E-state index in [0.29, 0.717) is 5.65 Å². The van der Waals surface area contributed by atoms with Gasteiger partial charge in [-0.25, -0.2) is 4.57 Å². The molecule has 0 radical (unpaired) electrons. The Morgan fingerprint density at radius 3 is 2.95 bits per heavy atom. The van der Waals surface area contributed by atoms with Crippen LogP contribution >= 0.6 is 0 Å². The van der Waals surface area contributed by atoms with Crippen molar-refractivity contribution in [3.05, 3.63) is 58.3 Å². The lowest BCUT2D eigenvalue weighted by Crippen LogP contribution is -3.00. The number of rotatable bonds is 0. The van der Waals surface area contributed by atoms with Crippen LogP contribution in [0.3, 0.4) is 0 Å². The van der Waals surface area contributed by atoms with Gasteiger partial charge in [-0.3, -0.25) is 4.79 Å². The van der Waals surface area contributed by atoms with Crippen LogP contribution in [-0.2, 0) is 13.5 Å². The molecule has 1 N–H and O–H groups in total. The average molecular weight is 318 g/mol. The van der Waals surface area contributed by atoms with Crippen molar-refractivity contribution in [2.75, 3.05) is 0 Å². The maximum atomic E-state index is 12.1. The molecular formula is C14H12BrN3O. The monoisotopic (exact) mass is 317 g/mol. The maximum Gasteiger partial charge on any atom is 0.353 e. The summed E-state index contributed by atoms with van der Waals surface area (Å²) in [5.74, 6) is 0. The first-order valence-electron chi connectivity index (χ1n) is 5.96. The average Bonchev–Trinajstić information content (AvgIpc) is 2.92. The molecule has 0 bridgehead atoms. The second-order valence-electron chi connectivity index (χ2n) is 4.71. The number of halogens is 1. The van der Waals surface area contributed by atoms with E-state index in [9.17, 15) is 4.79 Å². The molecule has 1 aliphatic rings. The molecule has 96 valence electrons. The zero-order valence-electron chi connectivity index (χ0n) is 10.4. The van der Waals surface area contributed by atoms with Crippen molar-refractivity contribution >= 4 is 5.65 Å². The second-order valence-corrected chi connectivity index (χ2v) is 4.71. The van der Waals surface area contributed by atoms with E-state index in [1.54, 1.807) is 0 Å². The van der Waals surface area contributed by atoms with Crippen molar-refractivity contribution in [3.63, 3.8) is 0 Å². The van der Waals surface area contributed by atoms with Crippen molar-refractivity contribution in [2.45, 2.75) is 6.42 Å². The summed E-state index contributed by atoms with van der Waals surface area (Å²) in [5.41, 5.74) is 5.17. The molecule has 4 nitrogen and oxygen atoms in total. The van der Waals surface area contributed by atoms with Crippen LogP contribution in [0, 0.1) is 0 Å². The van der Waals surface area contributed by atoms with E-state index < -0.39 is 0 Å². The lowest BCUT2D eigenvalue weighted by molar-refractivity contribution is -0.520. The fraction of sp³-hybridized carbons (Fsp3) is 0.143. The highest BCUT2D eigenvalue weighted by molar-refractivity contribution is 5.71. The number of nitrogens with zero attached hydrogens (tertiary/aromatic N) is 2. The standard InChI is InChI=1S/C14H11N3O.BrH/c1-16-6-7-17-11-8-9-4-2-3-5-10(9)12(11)15-13(18)14(16)17;/h2-7H,8H2,1H3;1H. The summed E-state index contributed by atoms with van der Waals surface area (Å²) in [7, 11) is 1.89. The third kappa shape index (κ3) is 1.51. The number of nitrogens with one attached hydrogen (secondary N) is 1. The van der Waals surface area contributed by atoms with Crippen molar-refractivity contribution in [1.29, 1.82) is 0 Å².